The van der Waals surface area contributed by atoms with Gasteiger partial charge in [0.05, 0.1) is 11.3 Å². The Morgan fingerprint density at radius 2 is 2.18 bits per heavy atom. The van der Waals surface area contributed by atoms with E-state index < -0.39 is 5.97 Å². The van der Waals surface area contributed by atoms with E-state index in [0.717, 1.165) is 18.5 Å². The molecular formula is C12H10N2O3. The minimum Gasteiger partial charge on any atom is -0.478 e. The number of rotatable bonds is 2. The van der Waals surface area contributed by atoms with Crippen LogP contribution in [0.2, 0.25) is 0 Å². The number of pyridine rings is 1. The largest absolute Gasteiger partial charge is 0.478 e. The van der Waals surface area contributed by atoms with Crippen molar-refractivity contribution < 1.29 is 9.90 Å². The van der Waals surface area contributed by atoms with E-state index in [4.69, 9.17) is 5.11 Å². The van der Waals surface area contributed by atoms with Crippen LogP contribution in [0.4, 0.5) is 0 Å². The Morgan fingerprint density at radius 3 is 2.82 bits per heavy atom. The number of carboxylic acid groups (broad SMARTS) is 1. The van der Waals surface area contributed by atoms with Crippen LogP contribution < -0.4 is 5.56 Å². The molecule has 0 saturated heterocycles. The molecule has 1 saturated carbocycles. The Labute approximate surface area is 96.4 Å². The molecule has 2 aromatic heterocycles. The second-order valence-electron chi connectivity index (χ2n) is 4.24. The molecule has 0 amide bonds. The van der Waals surface area contributed by atoms with Crippen LogP contribution in [0.1, 0.15) is 34.8 Å². The van der Waals surface area contributed by atoms with Crippen molar-refractivity contribution in [2.24, 2.45) is 0 Å². The van der Waals surface area contributed by atoms with E-state index in [2.05, 4.69) is 4.98 Å². The molecule has 5 nitrogen and oxygen atoms in total. The minimum atomic E-state index is -1.02. The summed E-state index contributed by atoms with van der Waals surface area (Å²) in [5.74, 6) is -0.639. The highest BCUT2D eigenvalue weighted by atomic mass is 16.4. The van der Waals surface area contributed by atoms with E-state index in [1.807, 2.05) is 0 Å². The van der Waals surface area contributed by atoms with Gasteiger partial charge >= 0.3 is 5.97 Å². The molecule has 0 aliphatic heterocycles. The summed E-state index contributed by atoms with van der Waals surface area (Å²) in [6.45, 7) is 0. The van der Waals surface area contributed by atoms with E-state index in [1.165, 1.54) is 28.8 Å². The van der Waals surface area contributed by atoms with Gasteiger partial charge in [-0.05, 0) is 25.0 Å². The highest BCUT2D eigenvalue weighted by molar-refractivity contribution is 5.88. The van der Waals surface area contributed by atoms with Gasteiger partial charge in [0, 0.05) is 18.2 Å². The van der Waals surface area contributed by atoms with Gasteiger partial charge in [0.15, 0.2) is 0 Å². The van der Waals surface area contributed by atoms with Crippen LogP contribution in [-0.2, 0) is 0 Å². The van der Waals surface area contributed by atoms with Gasteiger partial charge in [-0.2, -0.15) is 0 Å². The SMILES string of the molecule is O=C(O)c1ccn2c(=O)cc(C3CC3)nc2c1. The lowest BCUT2D eigenvalue weighted by molar-refractivity contribution is 0.0697. The molecule has 0 bridgehead atoms. The maximum Gasteiger partial charge on any atom is 0.335 e. The highest BCUT2D eigenvalue weighted by Crippen LogP contribution is 2.38. The fourth-order valence-electron chi connectivity index (χ4n) is 1.84. The lowest BCUT2D eigenvalue weighted by atomic mass is 10.2. The van der Waals surface area contributed by atoms with Crippen molar-refractivity contribution in [2.45, 2.75) is 18.8 Å². The fourth-order valence-corrected chi connectivity index (χ4v) is 1.84. The molecule has 2 aromatic rings. The molecule has 1 fully saturated rings. The maximum absolute atomic E-state index is 11.8. The number of aromatic nitrogens is 2. The molecule has 86 valence electrons. The van der Waals surface area contributed by atoms with Crippen LogP contribution >= 0.6 is 0 Å². The van der Waals surface area contributed by atoms with E-state index in [1.54, 1.807) is 0 Å². The van der Waals surface area contributed by atoms with E-state index in [-0.39, 0.29) is 11.1 Å². The molecule has 0 atom stereocenters. The second kappa shape index (κ2) is 3.41. The normalized spacial score (nSPS) is 15.1. The molecule has 0 unspecified atom stereocenters. The number of carboxylic acids is 1. The zero-order valence-electron chi connectivity index (χ0n) is 8.96. The summed E-state index contributed by atoms with van der Waals surface area (Å²) < 4.78 is 1.36. The van der Waals surface area contributed by atoms with Crippen molar-refractivity contribution in [1.29, 1.82) is 0 Å². The lowest BCUT2D eigenvalue weighted by Gasteiger charge is -2.03. The predicted molar refractivity (Wildman–Crippen MR) is 60.4 cm³/mol. The maximum atomic E-state index is 11.8. The predicted octanol–water partition coefficient (Wildman–Crippen LogP) is 1.27. The number of hydrogen-bond donors (Lipinski definition) is 1. The van der Waals surface area contributed by atoms with Crippen molar-refractivity contribution in [3.63, 3.8) is 0 Å². The van der Waals surface area contributed by atoms with Gasteiger partial charge in [-0.3, -0.25) is 9.20 Å². The van der Waals surface area contributed by atoms with Gasteiger partial charge in [-0.25, -0.2) is 9.78 Å². The minimum absolute atomic E-state index is 0.143. The van der Waals surface area contributed by atoms with E-state index in [9.17, 15) is 9.59 Å². The van der Waals surface area contributed by atoms with Crippen LogP contribution in [0, 0.1) is 0 Å². The molecule has 1 aliphatic carbocycles. The summed E-state index contributed by atoms with van der Waals surface area (Å²) >= 11 is 0. The molecule has 1 N–H and O–H groups in total. The van der Waals surface area contributed by atoms with Crippen molar-refractivity contribution >= 4 is 11.6 Å². The fraction of sp³-hybridized carbons (Fsp3) is 0.250. The lowest BCUT2D eigenvalue weighted by Crippen LogP contribution is -2.15. The number of hydrogen-bond acceptors (Lipinski definition) is 3. The quantitative estimate of drug-likeness (QED) is 0.843. The summed E-state index contributed by atoms with van der Waals surface area (Å²) in [7, 11) is 0. The monoisotopic (exact) mass is 230 g/mol. The molecule has 17 heavy (non-hydrogen) atoms. The molecule has 2 heterocycles. The van der Waals surface area contributed by atoms with Gasteiger partial charge < -0.3 is 5.11 Å². The summed E-state index contributed by atoms with van der Waals surface area (Å²) in [4.78, 5) is 27.0. The number of carbonyl (C=O) groups is 1. The number of nitrogens with zero attached hydrogens (tertiary/aromatic N) is 2. The van der Waals surface area contributed by atoms with Crippen molar-refractivity contribution in [1.82, 2.24) is 9.38 Å². The first-order valence-corrected chi connectivity index (χ1v) is 5.42. The van der Waals surface area contributed by atoms with Gasteiger partial charge in [0.25, 0.3) is 5.56 Å². The second-order valence-corrected chi connectivity index (χ2v) is 4.24. The first-order chi connectivity index (χ1) is 8.15. The highest BCUT2D eigenvalue weighted by Gasteiger charge is 2.25. The molecule has 1 aliphatic rings. The van der Waals surface area contributed by atoms with Gasteiger partial charge in [0.2, 0.25) is 0 Å². The van der Waals surface area contributed by atoms with Gasteiger partial charge in [-0.1, -0.05) is 0 Å². The molecule has 0 radical (unpaired) electrons. The number of fused-ring (bicyclic) bond motifs is 1. The third-order valence-corrected chi connectivity index (χ3v) is 2.93. The van der Waals surface area contributed by atoms with Crippen LogP contribution in [-0.4, -0.2) is 20.5 Å². The Morgan fingerprint density at radius 1 is 1.41 bits per heavy atom. The Hall–Kier alpha value is -2.17. The van der Waals surface area contributed by atoms with Crippen molar-refractivity contribution in [3.8, 4) is 0 Å². The molecule has 0 aromatic carbocycles. The average Bonchev–Trinajstić information content (AvgIpc) is 3.11. The first kappa shape index (κ1) is 10.0. The average molecular weight is 230 g/mol. The third-order valence-electron chi connectivity index (χ3n) is 2.93. The van der Waals surface area contributed by atoms with Gasteiger partial charge in [0.1, 0.15) is 5.65 Å². The van der Waals surface area contributed by atoms with Gasteiger partial charge in [-0.15, -0.1) is 0 Å². The third kappa shape index (κ3) is 1.69. The Balaban J connectivity index is 2.26. The Kier molecular flexibility index (Phi) is 2.01. The van der Waals surface area contributed by atoms with Crippen LogP contribution in [0.15, 0.2) is 29.2 Å². The number of aromatic carboxylic acids is 1. The molecule has 0 spiro atoms. The zero-order chi connectivity index (χ0) is 12.0. The zero-order valence-corrected chi connectivity index (χ0v) is 8.96. The van der Waals surface area contributed by atoms with E-state index in [0.29, 0.717) is 11.6 Å². The standard InChI is InChI=1S/C12H10N2O3/c15-11-6-9(7-1-2-7)13-10-5-8(12(16)17)3-4-14(10)11/h3-7H,1-2H2,(H,16,17). The molecule has 5 heteroatoms. The van der Waals surface area contributed by atoms with Crippen molar-refractivity contribution in [2.75, 3.05) is 0 Å². The van der Waals surface area contributed by atoms with E-state index >= 15 is 0 Å². The summed E-state index contributed by atoms with van der Waals surface area (Å²) in [5.41, 5.74) is 1.16. The van der Waals surface area contributed by atoms with Crippen LogP contribution in [0.25, 0.3) is 5.65 Å². The smallest absolute Gasteiger partial charge is 0.335 e. The summed E-state index contributed by atoms with van der Waals surface area (Å²) in [6.07, 6.45) is 3.56. The topological polar surface area (TPSA) is 71.7 Å². The van der Waals surface area contributed by atoms with Crippen LogP contribution in [0.3, 0.4) is 0 Å². The van der Waals surface area contributed by atoms with Crippen molar-refractivity contribution in [3.05, 3.63) is 46.0 Å². The first-order valence-electron chi connectivity index (χ1n) is 5.42. The molecule has 3 rings (SSSR count). The molecular weight excluding hydrogens is 220 g/mol. The Bertz CT molecular complexity index is 671. The summed E-state index contributed by atoms with van der Waals surface area (Å²) in [6, 6.07) is 4.36. The van der Waals surface area contributed by atoms with Crippen LogP contribution in [0.5, 0.6) is 0 Å². The summed E-state index contributed by atoms with van der Waals surface area (Å²) in [5, 5.41) is 8.89.